The third-order valence-corrected chi connectivity index (χ3v) is 6.38. The van der Waals surface area contributed by atoms with Gasteiger partial charge < -0.3 is 14.8 Å². The topological polar surface area (TPSA) is 89.0 Å². The van der Waals surface area contributed by atoms with Crippen molar-refractivity contribution in [2.45, 2.75) is 46.6 Å². The highest BCUT2D eigenvalue weighted by atomic mass is 35.5. The summed E-state index contributed by atoms with van der Waals surface area (Å²) in [6.07, 6.45) is 3.90. The molecule has 39 heavy (non-hydrogen) atoms. The van der Waals surface area contributed by atoms with Crippen molar-refractivity contribution in [3.63, 3.8) is 0 Å². The molecule has 0 aliphatic carbocycles. The lowest BCUT2D eigenvalue weighted by atomic mass is 10.1. The van der Waals surface area contributed by atoms with Crippen LogP contribution >= 0.6 is 11.6 Å². The Bertz CT molecular complexity index is 1350. The smallest absolute Gasteiger partial charge is 0.240 e. The minimum atomic E-state index is -0.363. The number of carbonyl (C=O) groups excluding carboxylic acids is 2. The molecule has 0 heterocycles. The van der Waals surface area contributed by atoms with Gasteiger partial charge in [-0.1, -0.05) is 48.0 Å². The van der Waals surface area contributed by atoms with Crippen LogP contribution in [0.4, 0.5) is 5.69 Å². The summed E-state index contributed by atoms with van der Waals surface area (Å²) in [6.45, 7) is 10.4. The number of carbonyl (C=O) groups is 2. The van der Waals surface area contributed by atoms with Crippen LogP contribution in [0.25, 0.3) is 0 Å². The Kier molecular flexibility index (Phi) is 11.1. The van der Waals surface area contributed by atoms with Crippen molar-refractivity contribution in [1.29, 1.82) is 0 Å². The number of hydrazone groups is 1. The van der Waals surface area contributed by atoms with E-state index in [2.05, 4.69) is 22.4 Å². The highest BCUT2D eigenvalue weighted by Gasteiger charge is 2.14. The summed E-state index contributed by atoms with van der Waals surface area (Å²) in [5.74, 6) is 0.566. The number of anilines is 1. The molecule has 0 aromatic heterocycles. The fourth-order valence-electron chi connectivity index (χ4n) is 3.82. The maximum Gasteiger partial charge on any atom is 0.240 e. The van der Waals surface area contributed by atoms with Gasteiger partial charge in [0.15, 0.2) is 11.5 Å². The molecular weight excluding hydrogens is 514 g/mol. The van der Waals surface area contributed by atoms with Crippen LogP contribution < -0.4 is 20.2 Å². The van der Waals surface area contributed by atoms with Crippen LogP contribution in [0, 0.1) is 13.8 Å². The molecule has 0 saturated heterocycles. The number of amides is 2. The maximum absolute atomic E-state index is 12.3. The van der Waals surface area contributed by atoms with E-state index in [0.717, 1.165) is 27.9 Å². The van der Waals surface area contributed by atoms with Crippen LogP contribution in [0.3, 0.4) is 0 Å². The third-order valence-electron chi connectivity index (χ3n) is 6.01. The number of nitrogens with zero attached hydrogens (tertiary/aromatic N) is 1. The predicted octanol–water partition coefficient (Wildman–Crippen LogP) is 6.53. The van der Waals surface area contributed by atoms with Gasteiger partial charge in [0.05, 0.1) is 12.8 Å². The number of halogens is 1. The average Bonchev–Trinajstić information content (AvgIpc) is 2.91. The van der Waals surface area contributed by atoms with Crippen LogP contribution in [0.1, 0.15) is 47.6 Å². The van der Waals surface area contributed by atoms with Gasteiger partial charge in [0.25, 0.3) is 0 Å². The molecule has 204 valence electrons. The first kappa shape index (κ1) is 29.5. The molecular formula is C31H34ClN3O4. The van der Waals surface area contributed by atoms with Gasteiger partial charge >= 0.3 is 0 Å². The molecule has 0 saturated carbocycles. The van der Waals surface area contributed by atoms with Gasteiger partial charge in [-0.3, -0.25) is 9.59 Å². The van der Waals surface area contributed by atoms with Crippen LogP contribution in [-0.4, -0.2) is 24.6 Å². The van der Waals surface area contributed by atoms with E-state index in [1.54, 1.807) is 12.1 Å². The Hall–Kier alpha value is -4.10. The highest BCUT2D eigenvalue weighted by Crippen LogP contribution is 2.34. The second-order valence-electron chi connectivity index (χ2n) is 8.90. The molecule has 2 amide bonds. The first-order valence-corrected chi connectivity index (χ1v) is 13.1. The fraction of sp³-hybridized carbons (Fsp3) is 0.258. The lowest BCUT2D eigenvalue weighted by Crippen LogP contribution is -2.21. The summed E-state index contributed by atoms with van der Waals surface area (Å²) in [6, 6.07) is 16.9. The second-order valence-corrected chi connectivity index (χ2v) is 9.31. The first-order chi connectivity index (χ1) is 18.8. The number of allylic oxidation sites excluding steroid dienone is 1. The Balaban J connectivity index is 1.63. The molecule has 7 nitrogen and oxygen atoms in total. The fourth-order valence-corrected chi connectivity index (χ4v) is 4.01. The molecule has 3 aromatic rings. The standard InChI is InChI=1S/C31H34ClN3O4/c1-5-10-24-17-23(18-28(38-6-2)31(24)39-20-25-12-7-8-13-26(25)32)19-33-35-30(37)16-15-29(36)34-27-14-9-11-21(3)22(27)4/h5,7-9,11-14,17-19H,1,6,10,15-16,20H2,2-4H3,(H,34,36)(H,35,37). The zero-order chi connectivity index (χ0) is 28.2. The number of rotatable bonds is 13. The largest absolute Gasteiger partial charge is 0.490 e. The van der Waals surface area contributed by atoms with Gasteiger partial charge in [0, 0.05) is 34.7 Å². The summed E-state index contributed by atoms with van der Waals surface area (Å²) in [7, 11) is 0. The zero-order valence-corrected chi connectivity index (χ0v) is 23.3. The Morgan fingerprint density at radius 3 is 2.51 bits per heavy atom. The summed E-state index contributed by atoms with van der Waals surface area (Å²) in [5.41, 5.74) is 7.76. The Morgan fingerprint density at radius 2 is 1.77 bits per heavy atom. The van der Waals surface area contributed by atoms with E-state index in [1.165, 1.54) is 6.21 Å². The average molecular weight is 548 g/mol. The van der Waals surface area contributed by atoms with Gasteiger partial charge in [0.1, 0.15) is 6.61 Å². The maximum atomic E-state index is 12.3. The Labute approximate surface area is 234 Å². The zero-order valence-electron chi connectivity index (χ0n) is 22.6. The monoisotopic (exact) mass is 547 g/mol. The molecule has 0 aliphatic heterocycles. The molecule has 0 bridgehead atoms. The summed E-state index contributed by atoms with van der Waals surface area (Å²) >= 11 is 6.29. The third kappa shape index (κ3) is 8.72. The number of hydrogen-bond acceptors (Lipinski definition) is 5. The van der Waals surface area contributed by atoms with Crippen LogP contribution in [0.2, 0.25) is 5.02 Å². The predicted molar refractivity (Wildman–Crippen MR) is 157 cm³/mol. The molecule has 8 heteroatoms. The quantitative estimate of drug-likeness (QED) is 0.145. The molecule has 3 aromatic carbocycles. The second kappa shape index (κ2) is 14.7. The van der Waals surface area contributed by atoms with E-state index < -0.39 is 0 Å². The van der Waals surface area contributed by atoms with Crippen molar-refractivity contribution in [2.24, 2.45) is 5.10 Å². The Morgan fingerprint density at radius 1 is 1.00 bits per heavy atom. The van der Waals surface area contributed by atoms with Crippen molar-refractivity contribution >= 4 is 35.3 Å². The minimum absolute atomic E-state index is 0.00870. The van der Waals surface area contributed by atoms with Crippen LogP contribution in [0.5, 0.6) is 11.5 Å². The SMILES string of the molecule is C=CCc1cc(C=NNC(=O)CCC(=O)Nc2cccc(C)c2C)cc(OCC)c1OCc1ccccc1Cl. The molecule has 2 N–H and O–H groups in total. The molecule has 0 radical (unpaired) electrons. The normalized spacial score (nSPS) is 10.8. The van der Waals surface area contributed by atoms with Gasteiger partial charge in [-0.05, 0) is 68.1 Å². The summed E-state index contributed by atoms with van der Waals surface area (Å²) in [4.78, 5) is 24.6. The van der Waals surface area contributed by atoms with Crippen LogP contribution in [-0.2, 0) is 22.6 Å². The minimum Gasteiger partial charge on any atom is -0.490 e. The summed E-state index contributed by atoms with van der Waals surface area (Å²) < 4.78 is 12.0. The van der Waals surface area contributed by atoms with Crippen molar-refractivity contribution in [3.05, 3.63) is 100 Å². The first-order valence-electron chi connectivity index (χ1n) is 12.8. The van der Waals surface area contributed by atoms with Gasteiger partial charge in [0.2, 0.25) is 11.8 Å². The van der Waals surface area contributed by atoms with Crippen molar-refractivity contribution < 1.29 is 19.1 Å². The summed E-state index contributed by atoms with van der Waals surface area (Å²) in [5, 5.41) is 7.55. The van der Waals surface area contributed by atoms with Gasteiger partial charge in [-0.2, -0.15) is 5.10 Å². The van der Waals surface area contributed by atoms with E-state index in [9.17, 15) is 9.59 Å². The van der Waals surface area contributed by atoms with E-state index >= 15 is 0 Å². The van der Waals surface area contributed by atoms with E-state index in [1.807, 2.05) is 69.3 Å². The van der Waals surface area contributed by atoms with Gasteiger partial charge in [-0.15, -0.1) is 6.58 Å². The number of benzene rings is 3. The molecule has 0 unspecified atom stereocenters. The van der Waals surface area contributed by atoms with Crippen molar-refractivity contribution in [3.8, 4) is 11.5 Å². The lowest BCUT2D eigenvalue weighted by molar-refractivity contribution is -0.124. The number of hydrogen-bond donors (Lipinski definition) is 2. The molecule has 0 atom stereocenters. The number of aryl methyl sites for hydroxylation is 1. The lowest BCUT2D eigenvalue weighted by Gasteiger charge is -2.17. The highest BCUT2D eigenvalue weighted by molar-refractivity contribution is 6.31. The van der Waals surface area contributed by atoms with E-state index in [-0.39, 0.29) is 31.3 Å². The van der Waals surface area contributed by atoms with Crippen molar-refractivity contribution in [2.75, 3.05) is 11.9 Å². The van der Waals surface area contributed by atoms with Crippen LogP contribution in [0.15, 0.2) is 72.4 Å². The van der Waals surface area contributed by atoms with E-state index in [0.29, 0.717) is 35.1 Å². The van der Waals surface area contributed by atoms with E-state index in [4.69, 9.17) is 21.1 Å². The number of ether oxygens (including phenoxy) is 2. The molecule has 0 aliphatic rings. The number of nitrogens with one attached hydrogen (secondary N) is 2. The molecule has 0 fully saturated rings. The van der Waals surface area contributed by atoms with Gasteiger partial charge in [-0.25, -0.2) is 5.43 Å². The van der Waals surface area contributed by atoms with Crippen molar-refractivity contribution in [1.82, 2.24) is 5.43 Å². The molecule has 0 spiro atoms. The molecule has 3 rings (SSSR count).